The monoisotopic (exact) mass is 285 g/mol. The van der Waals surface area contributed by atoms with Crippen molar-refractivity contribution >= 4 is 34.3 Å². The van der Waals surface area contributed by atoms with Crippen LogP contribution in [0.3, 0.4) is 0 Å². The molecule has 0 aliphatic heterocycles. The first-order valence-corrected chi connectivity index (χ1v) is 6.58. The van der Waals surface area contributed by atoms with Crippen molar-refractivity contribution in [2.45, 2.75) is 32.7 Å². The third-order valence-corrected chi connectivity index (χ3v) is 2.96. The summed E-state index contributed by atoms with van der Waals surface area (Å²) in [5.41, 5.74) is 0.0936. The molecule has 0 bridgehead atoms. The predicted molar refractivity (Wildman–Crippen MR) is 70.2 cm³/mol. The van der Waals surface area contributed by atoms with Crippen LogP contribution in [0.15, 0.2) is 5.38 Å². The van der Waals surface area contributed by atoms with E-state index in [1.807, 2.05) is 6.92 Å². The van der Waals surface area contributed by atoms with Crippen LogP contribution in [0.4, 0.5) is 5.13 Å². The van der Waals surface area contributed by atoms with Gasteiger partial charge in [-0.15, -0.1) is 11.3 Å². The number of rotatable bonds is 6. The van der Waals surface area contributed by atoms with Gasteiger partial charge in [-0.25, -0.2) is 9.78 Å². The van der Waals surface area contributed by atoms with Crippen molar-refractivity contribution in [2.75, 3.05) is 5.32 Å². The summed E-state index contributed by atoms with van der Waals surface area (Å²) >= 11 is 1.10. The van der Waals surface area contributed by atoms with Crippen LogP contribution in [0.1, 0.15) is 37.2 Å². The zero-order valence-corrected chi connectivity index (χ0v) is 11.4. The summed E-state index contributed by atoms with van der Waals surface area (Å²) in [5.74, 6) is -1.92. The third-order valence-electron chi connectivity index (χ3n) is 2.20. The van der Waals surface area contributed by atoms with Gasteiger partial charge in [-0.05, 0) is 6.42 Å². The molecule has 1 aromatic rings. The SMILES string of the molecule is CCC[C@H](NC(=O)c1csc(NC(C)=O)n1)C(=O)O. The fourth-order valence-corrected chi connectivity index (χ4v) is 2.10. The topological polar surface area (TPSA) is 108 Å². The standard InChI is InChI=1S/C11H15N3O4S/c1-3-4-7(10(17)18)13-9(16)8-5-19-11(14-8)12-6(2)15/h5,7H,3-4H2,1-2H3,(H,13,16)(H,17,18)(H,12,14,15)/t7-/m0/s1. The van der Waals surface area contributed by atoms with Crippen molar-refractivity contribution in [3.8, 4) is 0 Å². The highest BCUT2D eigenvalue weighted by atomic mass is 32.1. The first kappa shape index (κ1) is 15.1. The Hall–Kier alpha value is -1.96. The largest absolute Gasteiger partial charge is 0.480 e. The molecule has 104 valence electrons. The number of nitrogens with one attached hydrogen (secondary N) is 2. The Kier molecular flexibility index (Phi) is 5.43. The number of hydrogen-bond acceptors (Lipinski definition) is 5. The summed E-state index contributed by atoms with van der Waals surface area (Å²) in [6.45, 7) is 3.17. The summed E-state index contributed by atoms with van der Waals surface area (Å²) in [5, 5.41) is 15.6. The molecule has 0 saturated carbocycles. The minimum Gasteiger partial charge on any atom is -0.480 e. The number of anilines is 1. The Labute approximate surface area is 114 Å². The summed E-state index contributed by atoms with van der Waals surface area (Å²) in [6.07, 6.45) is 0.995. The second kappa shape index (κ2) is 6.83. The van der Waals surface area contributed by atoms with E-state index in [1.165, 1.54) is 12.3 Å². The molecule has 1 aromatic heterocycles. The smallest absolute Gasteiger partial charge is 0.326 e. The van der Waals surface area contributed by atoms with Gasteiger partial charge < -0.3 is 15.7 Å². The molecule has 0 radical (unpaired) electrons. The predicted octanol–water partition coefficient (Wildman–Crippen LogP) is 1.08. The lowest BCUT2D eigenvalue weighted by molar-refractivity contribution is -0.139. The van der Waals surface area contributed by atoms with Gasteiger partial charge in [-0.2, -0.15) is 0 Å². The Morgan fingerprint density at radius 3 is 2.68 bits per heavy atom. The number of nitrogens with zero attached hydrogens (tertiary/aromatic N) is 1. The minimum atomic E-state index is -1.08. The average molecular weight is 285 g/mol. The van der Waals surface area contributed by atoms with E-state index in [4.69, 9.17) is 5.11 Å². The number of amides is 2. The van der Waals surface area contributed by atoms with E-state index in [0.717, 1.165) is 11.3 Å². The summed E-state index contributed by atoms with van der Waals surface area (Å²) in [4.78, 5) is 37.4. The van der Waals surface area contributed by atoms with E-state index < -0.39 is 17.9 Å². The van der Waals surface area contributed by atoms with Gasteiger partial charge in [0.15, 0.2) is 5.13 Å². The molecule has 0 aromatic carbocycles. The van der Waals surface area contributed by atoms with Gasteiger partial charge >= 0.3 is 5.97 Å². The highest BCUT2D eigenvalue weighted by Gasteiger charge is 2.21. The van der Waals surface area contributed by atoms with Gasteiger partial charge in [0, 0.05) is 12.3 Å². The van der Waals surface area contributed by atoms with Crippen LogP contribution < -0.4 is 10.6 Å². The summed E-state index contributed by atoms with van der Waals surface area (Å²) in [6, 6.07) is -0.927. The lowest BCUT2D eigenvalue weighted by atomic mass is 10.1. The number of carbonyl (C=O) groups is 3. The van der Waals surface area contributed by atoms with Gasteiger partial charge in [-0.1, -0.05) is 13.3 Å². The molecule has 1 atom stereocenters. The number of carboxylic acids is 1. The Bertz CT molecular complexity index is 486. The van der Waals surface area contributed by atoms with Crippen molar-refractivity contribution in [3.63, 3.8) is 0 Å². The molecule has 1 heterocycles. The van der Waals surface area contributed by atoms with Crippen LogP contribution in [-0.4, -0.2) is 33.9 Å². The van der Waals surface area contributed by atoms with Crippen molar-refractivity contribution in [1.82, 2.24) is 10.3 Å². The quantitative estimate of drug-likeness (QED) is 0.725. The van der Waals surface area contributed by atoms with Crippen molar-refractivity contribution in [3.05, 3.63) is 11.1 Å². The summed E-state index contributed by atoms with van der Waals surface area (Å²) in [7, 11) is 0. The second-order valence-electron chi connectivity index (χ2n) is 3.87. The molecule has 1 rings (SSSR count). The molecular formula is C11H15N3O4S. The highest BCUT2D eigenvalue weighted by Crippen LogP contribution is 2.15. The molecule has 8 heteroatoms. The first-order valence-electron chi connectivity index (χ1n) is 5.70. The van der Waals surface area contributed by atoms with Gasteiger partial charge in [0.2, 0.25) is 5.91 Å². The fraction of sp³-hybridized carbons (Fsp3) is 0.455. The molecule has 0 unspecified atom stereocenters. The van der Waals surface area contributed by atoms with E-state index in [9.17, 15) is 14.4 Å². The van der Waals surface area contributed by atoms with Crippen LogP contribution in [-0.2, 0) is 9.59 Å². The maximum Gasteiger partial charge on any atom is 0.326 e. The molecule has 0 aliphatic carbocycles. The third kappa shape index (κ3) is 4.66. The van der Waals surface area contributed by atoms with Crippen molar-refractivity contribution in [2.24, 2.45) is 0 Å². The molecule has 0 fully saturated rings. The van der Waals surface area contributed by atoms with Crippen LogP contribution >= 0.6 is 11.3 Å². The Morgan fingerprint density at radius 1 is 1.47 bits per heavy atom. The van der Waals surface area contributed by atoms with Crippen LogP contribution in [0.5, 0.6) is 0 Å². The second-order valence-corrected chi connectivity index (χ2v) is 4.73. The number of aliphatic carboxylic acids is 1. The van der Waals surface area contributed by atoms with E-state index in [2.05, 4.69) is 15.6 Å². The minimum absolute atomic E-state index is 0.0936. The van der Waals surface area contributed by atoms with E-state index in [-0.39, 0.29) is 11.6 Å². The van der Waals surface area contributed by atoms with Crippen molar-refractivity contribution in [1.29, 1.82) is 0 Å². The number of carboxylic acid groups (broad SMARTS) is 1. The Morgan fingerprint density at radius 2 is 2.16 bits per heavy atom. The van der Waals surface area contributed by atoms with Gasteiger partial charge in [0.05, 0.1) is 0 Å². The molecule has 0 aliphatic rings. The number of thiazole rings is 1. The molecule has 0 saturated heterocycles. The van der Waals surface area contributed by atoms with Crippen LogP contribution in [0, 0.1) is 0 Å². The number of aromatic nitrogens is 1. The molecule has 0 spiro atoms. The summed E-state index contributed by atoms with van der Waals surface area (Å²) < 4.78 is 0. The lowest BCUT2D eigenvalue weighted by Gasteiger charge is -2.12. The van der Waals surface area contributed by atoms with Gasteiger partial charge in [0.25, 0.3) is 5.91 Å². The fourth-order valence-electron chi connectivity index (χ4n) is 1.36. The molecule has 7 nitrogen and oxygen atoms in total. The first-order chi connectivity index (χ1) is 8.93. The molecular weight excluding hydrogens is 270 g/mol. The zero-order chi connectivity index (χ0) is 14.4. The lowest BCUT2D eigenvalue weighted by Crippen LogP contribution is -2.40. The zero-order valence-electron chi connectivity index (χ0n) is 10.6. The maximum absolute atomic E-state index is 11.8. The van der Waals surface area contributed by atoms with Gasteiger partial charge in [-0.3, -0.25) is 9.59 Å². The molecule has 3 N–H and O–H groups in total. The van der Waals surface area contributed by atoms with Crippen LogP contribution in [0.25, 0.3) is 0 Å². The van der Waals surface area contributed by atoms with Crippen LogP contribution in [0.2, 0.25) is 0 Å². The van der Waals surface area contributed by atoms with Crippen molar-refractivity contribution < 1.29 is 19.5 Å². The molecule has 19 heavy (non-hydrogen) atoms. The van der Waals surface area contributed by atoms with E-state index >= 15 is 0 Å². The molecule has 2 amide bonds. The average Bonchev–Trinajstić information content (AvgIpc) is 2.75. The number of hydrogen-bond donors (Lipinski definition) is 3. The van der Waals surface area contributed by atoms with E-state index in [0.29, 0.717) is 18.0 Å². The van der Waals surface area contributed by atoms with Gasteiger partial charge in [0.1, 0.15) is 11.7 Å². The Balaban J connectivity index is 2.69. The normalized spacial score (nSPS) is 11.7. The number of carbonyl (C=O) groups excluding carboxylic acids is 2. The highest BCUT2D eigenvalue weighted by molar-refractivity contribution is 7.14. The van der Waals surface area contributed by atoms with E-state index in [1.54, 1.807) is 0 Å². The maximum atomic E-state index is 11.8.